The van der Waals surface area contributed by atoms with Crippen molar-refractivity contribution in [3.05, 3.63) is 28.8 Å². The summed E-state index contributed by atoms with van der Waals surface area (Å²) in [4.78, 5) is 0. The Morgan fingerprint density at radius 3 is 2.63 bits per heavy atom. The van der Waals surface area contributed by atoms with Gasteiger partial charge in [-0.15, -0.1) is 0 Å². The summed E-state index contributed by atoms with van der Waals surface area (Å²) in [5.41, 5.74) is 0.714. The molecule has 0 radical (unpaired) electrons. The van der Waals surface area contributed by atoms with E-state index in [0.717, 1.165) is 0 Å². The van der Waals surface area contributed by atoms with Crippen LogP contribution in [0, 0.1) is 0 Å². The molecule has 1 aromatic rings. The van der Waals surface area contributed by atoms with Crippen LogP contribution in [0.1, 0.15) is 31.9 Å². The molecule has 0 heterocycles. The fourth-order valence-corrected chi connectivity index (χ4v) is 2.59. The molecule has 4 nitrogen and oxygen atoms in total. The zero-order valence-corrected chi connectivity index (χ0v) is 12.7. The lowest BCUT2D eigenvalue weighted by Crippen LogP contribution is -2.11. The van der Waals surface area contributed by atoms with Gasteiger partial charge in [-0.05, 0) is 31.0 Å². The van der Waals surface area contributed by atoms with E-state index in [1.165, 1.54) is 0 Å². The molecule has 1 aromatic carbocycles. The monoisotopic (exact) mass is 306 g/mol. The van der Waals surface area contributed by atoms with E-state index in [0.29, 0.717) is 29.4 Å². The zero-order valence-electron chi connectivity index (χ0n) is 11.1. The van der Waals surface area contributed by atoms with Crippen LogP contribution in [0.3, 0.4) is 0 Å². The Labute approximate surface area is 119 Å². The van der Waals surface area contributed by atoms with E-state index in [4.69, 9.17) is 16.3 Å². The van der Waals surface area contributed by atoms with E-state index in [1.54, 1.807) is 32.0 Å². The lowest BCUT2D eigenvalue weighted by Gasteiger charge is -2.10. The van der Waals surface area contributed by atoms with Crippen LogP contribution in [0.4, 0.5) is 0 Å². The Morgan fingerprint density at radius 1 is 1.42 bits per heavy atom. The Balaban J connectivity index is 2.50. The Kier molecular flexibility index (Phi) is 6.10. The molecule has 0 aliphatic heterocycles. The Bertz CT molecular complexity index is 511. The number of halogens is 1. The molecule has 1 atom stereocenters. The number of benzene rings is 1. The maximum absolute atomic E-state index is 11.3. The fourth-order valence-electron chi connectivity index (χ4n) is 1.50. The zero-order chi connectivity index (χ0) is 14.5. The van der Waals surface area contributed by atoms with E-state index < -0.39 is 15.9 Å². The van der Waals surface area contributed by atoms with E-state index in [1.807, 2.05) is 0 Å². The quantitative estimate of drug-likeness (QED) is 0.787. The summed E-state index contributed by atoms with van der Waals surface area (Å²) in [6.45, 7) is 3.58. The summed E-state index contributed by atoms with van der Waals surface area (Å²) in [5, 5.41) is 9.82. The Hall–Kier alpha value is -0.780. The molecule has 0 spiro atoms. The molecule has 0 fully saturated rings. The number of hydrogen-bond acceptors (Lipinski definition) is 4. The third-order valence-corrected chi connectivity index (χ3v) is 4.82. The number of aliphatic hydroxyl groups excluding tert-OH is 1. The van der Waals surface area contributed by atoms with Crippen molar-refractivity contribution in [2.45, 2.75) is 26.4 Å². The molecule has 0 aromatic heterocycles. The first-order chi connectivity index (χ1) is 8.85. The lowest BCUT2D eigenvalue weighted by atomic mass is 10.1. The van der Waals surface area contributed by atoms with Gasteiger partial charge in [-0.3, -0.25) is 0 Å². The van der Waals surface area contributed by atoms with Gasteiger partial charge in [0.2, 0.25) is 0 Å². The summed E-state index contributed by atoms with van der Waals surface area (Å²) in [7, 11) is -2.95. The predicted octanol–water partition coefficient (Wildman–Crippen LogP) is 2.60. The average Bonchev–Trinajstić information content (AvgIpc) is 2.36. The van der Waals surface area contributed by atoms with Crippen molar-refractivity contribution < 1.29 is 18.3 Å². The minimum Gasteiger partial charge on any atom is -0.492 e. The van der Waals surface area contributed by atoms with Crippen LogP contribution in [-0.4, -0.2) is 31.6 Å². The molecule has 19 heavy (non-hydrogen) atoms. The molecule has 1 rings (SSSR count). The first-order valence-corrected chi connectivity index (χ1v) is 8.36. The van der Waals surface area contributed by atoms with Crippen molar-refractivity contribution in [1.29, 1.82) is 0 Å². The molecule has 108 valence electrons. The first-order valence-electron chi connectivity index (χ1n) is 6.16. The normalized spacial score (nSPS) is 13.3. The predicted molar refractivity (Wildman–Crippen MR) is 76.5 cm³/mol. The van der Waals surface area contributed by atoms with Crippen LogP contribution in [0.5, 0.6) is 5.75 Å². The SMILES string of the molecule is CCS(=O)(=O)CCCOc1ccc([C@H](C)O)cc1Cl. The van der Waals surface area contributed by atoms with Gasteiger partial charge in [0.15, 0.2) is 0 Å². The van der Waals surface area contributed by atoms with Gasteiger partial charge >= 0.3 is 0 Å². The second-order valence-electron chi connectivity index (χ2n) is 4.30. The molecule has 0 amide bonds. The minimum absolute atomic E-state index is 0.118. The second kappa shape index (κ2) is 7.12. The van der Waals surface area contributed by atoms with Crippen molar-refractivity contribution in [2.24, 2.45) is 0 Å². The maximum Gasteiger partial charge on any atom is 0.150 e. The van der Waals surface area contributed by atoms with Crippen molar-refractivity contribution in [3.8, 4) is 5.75 Å². The van der Waals surface area contributed by atoms with Gasteiger partial charge in [-0.2, -0.15) is 0 Å². The van der Waals surface area contributed by atoms with Gasteiger partial charge in [0.05, 0.1) is 23.5 Å². The van der Waals surface area contributed by atoms with Gasteiger partial charge in [0.25, 0.3) is 0 Å². The van der Waals surface area contributed by atoms with Crippen LogP contribution in [0.25, 0.3) is 0 Å². The van der Waals surface area contributed by atoms with Gasteiger partial charge in [0, 0.05) is 5.75 Å². The molecule has 0 saturated carbocycles. The molecule has 0 saturated heterocycles. The summed E-state index contributed by atoms with van der Waals surface area (Å²) < 4.78 is 28.0. The fraction of sp³-hybridized carbons (Fsp3) is 0.538. The molecule has 0 bridgehead atoms. The largest absolute Gasteiger partial charge is 0.492 e. The number of rotatable bonds is 7. The first kappa shape index (κ1) is 16.3. The average molecular weight is 307 g/mol. The number of aliphatic hydroxyl groups is 1. The highest BCUT2D eigenvalue weighted by Crippen LogP contribution is 2.27. The molecule has 0 unspecified atom stereocenters. The summed E-state index contributed by atoms with van der Waals surface area (Å²) in [5.74, 6) is 0.768. The highest BCUT2D eigenvalue weighted by atomic mass is 35.5. The number of sulfone groups is 1. The van der Waals surface area contributed by atoms with Gasteiger partial charge in [0.1, 0.15) is 15.6 Å². The van der Waals surface area contributed by atoms with Crippen LogP contribution < -0.4 is 4.74 Å². The smallest absolute Gasteiger partial charge is 0.150 e. The van der Waals surface area contributed by atoms with Crippen LogP contribution >= 0.6 is 11.6 Å². The van der Waals surface area contributed by atoms with Crippen molar-refractivity contribution in [1.82, 2.24) is 0 Å². The third-order valence-electron chi connectivity index (χ3n) is 2.74. The standard InChI is InChI=1S/C13H19ClO4S/c1-3-19(16,17)8-4-7-18-13-6-5-11(10(2)15)9-12(13)14/h5-6,9-10,15H,3-4,7-8H2,1-2H3/t10-/m0/s1. The third kappa shape index (κ3) is 5.38. The van der Waals surface area contributed by atoms with Gasteiger partial charge in [-0.1, -0.05) is 24.6 Å². The summed E-state index contributed by atoms with van der Waals surface area (Å²) >= 11 is 6.02. The summed E-state index contributed by atoms with van der Waals surface area (Å²) in [6.07, 6.45) is -0.147. The van der Waals surface area contributed by atoms with E-state index >= 15 is 0 Å². The van der Waals surface area contributed by atoms with E-state index in [2.05, 4.69) is 0 Å². The molecule has 6 heteroatoms. The lowest BCUT2D eigenvalue weighted by molar-refractivity contribution is 0.199. The maximum atomic E-state index is 11.3. The van der Waals surface area contributed by atoms with Gasteiger partial charge < -0.3 is 9.84 Å². The molecular weight excluding hydrogens is 288 g/mol. The van der Waals surface area contributed by atoms with Crippen molar-refractivity contribution in [3.63, 3.8) is 0 Å². The Morgan fingerprint density at radius 2 is 2.11 bits per heavy atom. The van der Waals surface area contributed by atoms with E-state index in [-0.39, 0.29) is 11.5 Å². The van der Waals surface area contributed by atoms with Crippen molar-refractivity contribution >= 4 is 21.4 Å². The molecule has 0 aliphatic carbocycles. The van der Waals surface area contributed by atoms with Gasteiger partial charge in [-0.25, -0.2) is 8.42 Å². The molecule has 0 aliphatic rings. The van der Waals surface area contributed by atoms with Crippen LogP contribution in [0.15, 0.2) is 18.2 Å². The second-order valence-corrected chi connectivity index (χ2v) is 7.18. The minimum atomic E-state index is -2.95. The van der Waals surface area contributed by atoms with Crippen molar-refractivity contribution in [2.75, 3.05) is 18.1 Å². The van der Waals surface area contributed by atoms with Crippen LogP contribution in [0.2, 0.25) is 5.02 Å². The molecular formula is C13H19ClO4S. The summed E-state index contributed by atoms with van der Waals surface area (Å²) in [6, 6.07) is 5.05. The topological polar surface area (TPSA) is 63.6 Å². The number of ether oxygens (including phenoxy) is 1. The van der Waals surface area contributed by atoms with Crippen LogP contribution in [-0.2, 0) is 9.84 Å². The molecule has 1 N–H and O–H groups in total. The highest BCUT2D eigenvalue weighted by Gasteiger charge is 2.09. The highest BCUT2D eigenvalue weighted by molar-refractivity contribution is 7.91. The van der Waals surface area contributed by atoms with E-state index in [9.17, 15) is 13.5 Å². The number of hydrogen-bond donors (Lipinski definition) is 1.